The van der Waals surface area contributed by atoms with E-state index in [2.05, 4.69) is 20.9 Å². The first-order valence-corrected chi connectivity index (χ1v) is 6.82. The maximum Gasteiger partial charge on any atom is 0.0891 e. The number of hydrogen-bond acceptors (Lipinski definition) is 3. The molecule has 2 unspecified atom stereocenters. The molecule has 4 heteroatoms. The van der Waals surface area contributed by atoms with Crippen molar-refractivity contribution in [2.24, 2.45) is 0 Å². The molecule has 0 saturated heterocycles. The second-order valence-electron chi connectivity index (χ2n) is 4.43. The van der Waals surface area contributed by atoms with Gasteiger partial charge in [-0.15, -0.1) is 0 Å². The molecule has 0 aliphatic heterocycles. The molecule has 1 saturated carbocycles. The first-order chi connectivity index (χ1) is 8.28. The lowest BCUT2D eigenvalue weighted by Gasteiger charge is -2.28. The predicted molar refractivity (Wildman–Crippen MR) is 69.8 cm³/mol. The van der Waals surface area contributed by atoms with E-state index in [1.807, 2.05) is 12.1 Å². The van der Waals surface area contributed by atoms with Crippen molar-refractivity contribution in [2.45, 2.75) is 44.5 Å². The van der Waals surface area contributed by atoms with E-state index >= 15 is 0 Å². The van der Waals surface area contributed by atoms with E-state index in [-0.39, 0.29) is 0 Å². The minimum Gasteiger partial charge on any atom is -0.381 e. The Labute approximate surface area is 111 Å². The van der Waals surface area contributed by atoms with Gasteiger partial charge in [0.25, 0.3) is 0 Å². The van der Waals surface area contributed by atoms with Crippen molar-refractivity contribution in [2.75, 3.05) is 7.11 Å². The molecular weight excluding hydrogens is 282 g/mol. The molecule has 1 heterocycles. The molecule has 17 heavy (non-hydrogen) atoms. The van der Waals surface area contributed by atoms with Gasteiger partial charge in [0.2, 0.25) is 0 Å². The number of halogens is 1. The SMILES string of the molecule is COC1CCCC(OCc2ccc(Br)cn2)C1. The fourth-order valence-corrected chi connectivity index (χ4v) is 2.40. The summed E-state index contributed by atoms with van der Waals surface area (Å²) in [4.78, 5) is 4.30. The van der Waals surface area contributed by atoms with Gasteiger partial charge in [-0.1, -0.05) is 0 Å². The van der Waals surface area contributed by atoms with Crippen LogP contribution in [0.25, 0.3) is 0 Å². The van der Waals surface area contributed by atoms with Crippen LogP contribution in [-0.2, 0) is 16.1 Å². The summed E-state index contributed by atoms with van der Waals surface area (Å²) in [6.07, 6.45) is 6.98. The third-order valence-electron chi connectivity index (χ3n) is 3.17. The Morgan fingerprint density at radius 3 is 2.88 bits per heavy atom. The van der Waals surface area contributed by atoms with E-state index in [4.69, 9.17) is 9.47 Å². The van der Waals surface area contributed by atoms with E-state index < -0.39 is 0 Å². The summed E-state index contributed by atoms with van der Waals surface area (Å²) in [6, 6.07) is 3.98. The average Bonchev–Trinajstić information content (AvgIpc) is 2.38. The summed E-state index contributed by atoms with van der Waals surface area (Å²) in [5.41, 5.74) is 0.979. The van der Waals surface area contributed by atoms with Gasteiger partial charge in [-0.05, 0) is 53.7 Å². The van der Waals surface area contributed by atoms with Crippen LogP contribution in [0.15, 0.2) is 22.8 Å². The Bertz CT molecular complexity index is 342. The minimum absolute atomic E-state index is 0.319. The molecule has 0 N–H and O–H groups in total. The molecule has 1 aromatic rings. The van der Waals surface area contributed by atoms with Crippen molar-refractivity contribution in [3.05, 3.63) is 28.5 Å². The normalized spacial score (nSPS) is 24.8. The molecule has 1 fully saturated rings. The smallest absolute Gasteiger partial charge is 0.0891 e. The van der Waals surface area contributed by atoms with Crippen LogP contribution >= 0.6 is 15.9 Å². The van der Waals surface area contributed by atoms with E-state index in [9.17, 15) is 0 Å². The van der Waals surface area contributed by atoms with Crippen LogP contribution in [0, 0.1) is 0 Å². The summed E-state index contributed by atoms with van der Waals surface area (Å²) in [6.45, 7) is 0.592. The molecule has 1 aliphatic rings. The highest BCUT2D eigenvalue weighted by atomic mass is 79.9. The van der Waals surface area contributed by atoms with Crippen molar-refractivity contribution in [3.8, 4) is 0 Å². The number of aromatic nitrogens is 1. The number of hydrogen-bond donors (Lipinski definition) is 0. The molecule has 1 aromatic heterocycles. The first-order valence-electron chi connectivity index (χ1n) is 6.03. The molecule has 94 valence electrons. The fourth-order valence-electron chi connectivity index (χ4n) is 2.16. The van der Waals surface area contributed by atoms with E-state index in [1.165, 1.54) is 6.42 Å². The molecule has 2 rings (SSSR count). The van der Waals surface area contributed by atoms with Gasteiger partial charge in [0.1, 0.15) is 0 Å². The van der Waals surface area contributed by atoms with Crippen molar-refractivity contribution in [3.63, 3.8) is 0 Å². The highest BCUT2D eigenvalue weighted by molar-refractivity contribution is 9.10. The van der Waals surface area contributed by atoms with Gasteiger partial charge in [-0.3, -0.25) is 4.98 Å². The molecule has 1 aliphatic carbocycles. The summed E-state index contributed by atoms with van der Waals surface area (Å²) >= 11 is 3.37. The molecule has 0 radical (unpaired) electrons. The zero-order valence-electron chi connectivity index (χ0n) is 10.1. The number of ether oxygens (including phenoxy) is 2. The first kappa shape index (κ1) is 13.0. The molecular formula is C13H18BrNO2. The van der Waals surface area contributed by atoms with Crippen molar-refractivity contribution < 1.29 is 9.47 Å². The van der Waals surface area contributed by atoms with E-state index in [1.54, 1.807) is 13.3 Å². The standard InChI is InChI=1S/C13H18BrNO2/c1-16-12-3-2-4-13(7-12)17-9-11-6-5-10(14)8-15-11/h5-6,8,12-13H,2-4,7,9H2,1H3. The van der Waals surface area contributed by atoms with Crippen molar-refractivity contribution in [1.82, 2.24) is 4.98 Å². The van der Waals surface area contributed by atoms with Crippen LogP contribution in [-0.4, -0.2) is 24.3 Å². The van der Waals surface area contributed by atoms with Crippen molar-refractivity contribution >= 4 is 15.9 Å². The zero-order chi connectivity index (χ0) is 12.1. The molecule has 0 spiro atoms. The second kappa shape index (κ2) is 6.47. The minimum atomic E-state index is 0.319. The number of nitrogens with zero attached hydrogens (tertiary/aromatic N) is 1. The quantitative estimate of drug-likeness (QED) is 0.855. The lowest BCUT2D eigenvalue weighted by Crippen LogP contribution is -2.27. The summed E-state index contributed by atoms with van der Waals surface area (Å²) in [5.74, 6) is 0. The lowest BCUT2D eigenvalue weighted by atomic mass is 9.95. The second-order valence-corrected chi connectivity index (χ2v) is 5.34. The Hall–Kier alpha value is -0.450. The predicted octanol–water partition coefficient (Wildman–Crippen LogP) is 3.32. The highest BCUT2D eigenvalue weighted by Crippen LogP contribution is 2.23. The Morgan fingerprint density at radius 2 is 2.18 bits per heavy atom. The molecule has 0 bridgehead atoms. The summed E-state index contributed by atoms with van der Waals surface area (Å²) < 4.78 is 12.3. The van der Waals surface area contributed by atoms with Crippen LogP contribution < -0.4 is 0 Å². The molecule has 0 amide bonds. The van der Waals surface area contributed by atoms with Crippen molar-refractivity contribution in [1.29, 1.82) is 0 Å². The Kier molecular flexibility index (Phi) is 4.95. The fraction of sp³-hybridized carbons (Fsp3) is 0.615. The monoisotopic (exact) mass is 299 g/mol. The summed E-state index contributed by atoms with van der Waals surface area (Å²) in [5, 5.41) is 0. The summed E-state index contributed by atoms with van der Waals surface area (Å²) in [7, 11) is 1.78. The highest BCUT2D eigenvalue weighted by Gasteiger charge is 2.22. The third-order valence-corrected chi connectivity index (χ3v) is 3.64. The maximum atomic E-state index is 5.88. The van der Waals surface area contributed by atoms with Gasteiger partial charge < -0.3 is 9.47 Å². The van der Waals surface area contributed by atoms with Crippen LogP contribution in [0.3, 0.4) is 0 Å². The van der Waals surface area contributed by atoms with Gasteiger partial charge in [0.15, 0.2) is 0 Å². The van der Waals surface area contributed by atoms with Gasteiger partial charge in [0, 0.05) is 17.8 Å². The number of rotatable bonds is 4. The molecule has 0 aromatic carbocycles. The van der Waals surface area contributed by atoms with Gasteiger partial charge in [-0.2, -0.15) is 0 Å². The maximum absolute atomic E-state index is 5.88. The van der Waals surface area contributed by atoms with Gasteiger partial charge in [0.05, 0.1) is 24.5 Å². The van der Waals surface area contributed by atoms with E-state index in [0.29, 0.717) is 18.8 Å². The van der Waals surface area contributed by atoms with Gasteiger partial charge >= 0.3 is 0 Å². The van der Waals surface area contributed by atoms with E-state index in [0.717, 1.165) is 29.4 Å². The lowest BCUT2D eigenvalue weighted by molar-refractivity contribution is -0.0372. The molecule has 3 nitrogen and oxygen atoms in total. The Balaban J connectivity index is 1.79. The Morgan fingerprint density at radius 1 is 1.35 bits per heavy atom. The van der Waals surface area contributed by atoms with Gasteiger partial charge in [-0.25, -0.2) is 0 Å². The third kappa shape index (κ3) is 4.05. The van der Waals surface area contributed by atoms with Crippen LogP contribution in [0.2, 0.25) is 0 Å². The number of methoxy groups -OCH3 is 1. The van der Waals surface area contributed by atoms with Crippen LogP contribution in [0.4, 0.5) is 0 Å². The largest absolute Gasteiger partial charge is 0.381 e. The zero-order valence-corrected chi connectivity index (χ0v) is 11.6. The molecule has 2 atom stereocenters. The average molecular weight is 300 g/mol. The van der Waals surface area contributed by atoms with Crippen LogP contribution in [0.1, 0.15) is 31.4 Å². The number of pyridine rings is 1. The van der Waals surface area contributed by atoms with Crippen LogP contribution in [0.5, 0.6) is 0 Å². The topological polar surface area (TPSA) is 31.4 Å².